The fourth-order valence-electron chi connectivity index (χ4n) is 1.77. The maximum absolute atomic E-state index is 2.43. The van der Waals surface area contributed by atoms with Gasteiger partial charge in [0.25, 0.3) is 0 Å². The number of benzene rings is 1. The summed E-state index contributed by atoms with van der Waals surface area (Å²) in [5.74, 6) is 0. The molecule has 0 saturated heterocycles. The molecular formula is C10H12IN. The van der Waals surface area contributed by atoms with Crippen LogP contribution in [0.15, 0.2) is 18.2 Å². The second-order valence-corrected chi connectivity index (χ2v) is 4.42. The Morgan fingerprint density at radius 1 is 1.42 bits per heavy atom. The van der Waals surface area contributed by atoms with E-state index < -0.39 is 0 Å². The standard InChI is InChI=1S/C10H12IN/c1-12-7-3-4-8-9(11)5-2-6-10(8)12/h2,5-6H,3-4,7H2,1H3. The topological polar surface area (TPSA) is 3.24 Å². The van der Waals surface area contributed by atoms with Gasteiger partial charge in [0.1, 0.15) is 0 Å². The summed E-state index contributed by atoms with van der Waals surface area (Å²) in [6, 6.07) is 6.55. The van der Waals surface area contributed by atoms with E-state index in [2.05, 4.69) is 52.7 Å². The fourth-order valence-corrected chi connectivity index (χ4v) is 2.52. The molecule has 0 N–H and O–H groups in total. The molecule has 0 bridgehead atoms. The molecule has 0 unspecified atom stereocenters. The first-order valence-corrected chi connectivity index (χ1v) is 5.35. The van der Waals surface area contributed by atoms with Crippen molar-refractivity contribution in [1.82, 2.24) is 0 Å². The lowest BCUT2D eigenvalue weighted by molar-refractivity contribution is 0.741. The normalized spacial score (nSPS) is 16.0. The summed E-state index contributed by atoms with van der Waals surface area (Å²) in [5.41, 5.74) is 2.96. The lowest BCUT2D eigenvalue weighted by atomic mass is 10.0. The summed E-state index contributed by atoms with van der Waals surface area (Å²) in [6.45, 7) is 1.20. The average molecular weight is 273 g/mol. The Bertz CT molecular complexity index is 296. The van der Waals surface area contributed by atoms with Gasteiger partial charge in [-0.15, -0.1) is 0 Å². The largest absolute Gasteiger partial charge is 0.374 e. The van der Waals surface area contributed by atoms with Gasteiger partial charge in [-0.25, -0.2) is 0 Å². The van der Waals surface area contributed by atoms with Crippen molar-refractivity contribution in [3.05, 3.63) is 27.3 Å². The zero-order chi connectivity index (χ0) is 8.55. The molecule has 0 saturated carbocycles. The third-order valence-electron chi connectivity index (χ3n) is 2.43. The number of hydrogen-bond donors (Lipinski definition) is 0. The quantitative estimate of drug-likeness (QED) is 0.657. The van der Waals surface area contributed by atoms with E-state index >= 15 is 0 Å². The van der Waals surface area contributed by atoms with Crippen LogP contribution >= 0.6 is 22.6 Å². The summed E-state index contributed by atoms with van der Waals surface area (Å²) < 4.78 is 1.41. The zero-order valence-electron chi connectivity index (χ0n) is 7.18. The van der Waals surface area contributed by atoms with Gasteiger partial charge in [-0.05, 0) is 53.1 Å². The van der Waals surface area contributed by atoms with Crippen LogP contribution in [0, 0.1) is 3.57 Å². The summed E-state index contributed by atoms with van der Waals surface area (Å²) in [6.07, 6.45) is 2.54. The van der Waals surface area contributed by atoms with Crippen LogP contribution < -0.4 is 4.90 Å². The van der Waals surface area contributed by atoms with Crippen LogP contribution in [0.3, 0.4) is 0 Å². The summed E-state index contributed by atoms with van der Waals surface area (Å²) in [7, 11) is 2.17. The predicted octanol–water partition coefficient (Wildman–Crippen LogP) is 2.67. The Kier molecular flexibility index (Phi) is 2.26. The van der Waals surface area contributed by atoms with Gasteiger partial charge in [0.15, 0.2) is 0 Å². The van der Waals surface area contributed by atoms with Crippen LogP contribution in [0.1, 0.15) is 12.0 Å². The Morgan fingerprint density at radius 2 is 2.25 bits per heavy atom. The zero-order valence-corrected chi connectivity index (χ0v) is 9.34. The van der Waals surface area contributed by atoms with Gasteiger partial charge >= 0.3 is 0 Å². The van der Waals surface area contributed by atoms with Crippen LogP contribution in [0.4, 0.5) is 5.69 Å². The first-order chi connectivity index (χ1) is 5.79. The highest BCUT2D eigenvalue weighted by Crippen LogP contribution is 2.29. The average Bonchev–Trinajstić information content (AvgIpc) is 2.07. The molecule has 64 valence electrons. The minimum atomic E-state index is 1.20. The first-order valence-electron chi connectivity index (χ1n) is 4.27. The highest BCUT2D eigenvalue weighted by Gasteiger charge is 2.14. The monoisotopic (exact) mass is 273 g/mol. The van der Waals surface area contributed by atoms with Gasteiger partial charge in [-0.1, -0.05) is 6.07 Å². The number of halogens is 1. The van der Waals surface area contributed by atoms with E-state index in [0.717, 1.165) is 0 Å². The van der Waals surface area contributed by atoms with Gasteiger partial charge in [-0.2, -0.15) is 0 Å². The molecule has 0 aliphatic carbocycles. The molecule has 0 radical (unpaired) electrons. The lowest BCUT2D eigenvalue weighted by Gasteiger charge is -2.28. The molecule has 0 amide bonds. The minimum Gasteiger partial charge on any atom is -0.374 e. The van der Waals surface area contributed by atoms with Crippen molar-refractivity contribution in [2.24, 2.45) is 0 Å². The molecule has 1 aliphatic rings. The molecule has 1 aromatic rings. The molecule has 0 atom stereocenters. The van der Waals surface area contributed by atoms with Gasteiger partial charge in [0.2, 0.25) is 0 Å². The minimum absolute atomic E-state index is 1.20. The molecule has 0 fully saturated rings. The van der Waals surface area contributed by atoms with Gasteiger partial charge in [0, 0.05) is 22.8 Å². The molecule has 1 heterocycles. The van der Waals surface area contributed by atoms with Crippen LogP contribution in [-0.2, 0) is 6.42 Å². The molecule has 2 rings (SSSR count). The van der Waals surface area contributed by atoms with Gasteiger partial charge < -0.3 is 4.90 Å². The number of fused-ring (bicyclic) bond motifs is 1. The third-order valence-corrected chi connectivity index (χ3v) is 3.44. The van der Waals surface area contributed by atoms with E-state index in [1.807, 2.05) is 0 Å². The van der Waals surface area contributed by atoms with Crippen LogP contribution in [-0.4, -0.2) is 13.6 Å². The lowest BCUT2D eigenvalue weighted by Crippen LogP contribution is -2.25. The van der Waals surface area contributed by atoms with Crippen LogP contribution in [0.5, 0.6) is 0 Å². The molecule has 1 nitrogen and oxygen atoms in total. The van der Waals surface area contributed by atoms with E-state index in [1.54, 1.807) is 0 Å². The highest BCUT2D eigenvalue weighted by atomic mass is 127. The van der Waals surface area contributed by atoms with Crippen molar-refractivity contribution in [1.29, 1.82) is 0 Å². The van der Waals surface area contributed by atoms with Crippen molar-refractivity contribution in [2.45, 2.75) is 12.8 Å². The second-order valence-electron chi connectivity index (χ2n) is 3.26. The van der Waals surface area contributed by atoms with E-state index in [4.69, 9.17) is 0 Å². The van der Waals surface area contributed by atoms with Crippen LogP contribution in [0.25, 0.3) is 0 Å². The molecule has 0 aromatic heterocycles. The fraction of sp³-hybridized carbons (Fsp3) is 0.400. The summed E-state index contributed by atoms with van der Waals surface area (Å²) in [5, 5.41) is 0. The highest BCUT2D eigenvalue weighted by molar-refractivity contribution is 14.1. The number of hydrogen-bond acceptors (Lipinski definition) is 1. The first kappa shape index (κ1) is 8.35. The summed E-state index contributed by atoms with van der Waals surface area (Å²) in [4.78, 5) is 2.35. The van der Waals surface area contributed by atoms with Crippen LogP contribution in [0.2, 0.25) is 0 Å². The van der Waals surface area contributed by atoms with E-state index in [9.17, 15) is 0 Å². The smallest absolute Gasteiger partial charge is 0.0406 e. The Labute approximate surface area is 86.9 Å². The predicted molar refractivity (Wildman–Crippen MR) is 60.8 cm³/mol. The Morgan fingerprint density at radius 3 is 3.00 bits per heavy atom. The van der Waals surface area contributed by atoms with E-state index in [1.165, 1.54) is 34.2 Å². The van der Waals surface area contributed by atoms with Gasteiger partial charge in [0.05, 0.1) is 0 Å². The number of nitrogens with zero attached hydrogens (tertiary/aromatic N) is 1. The maximum atomic E-state index is 2.43. The van der Waals surface area contributed by atoms with Crippen molar-refractivity contribution in [3.8, 4) is 0 Å². The Balaban J connectivity index is 2.52. The number of rotatable bonds is 0. The Hall–Kier alpha value is -0.250. The SMILES string of the molecule is CN1CCCc2c(I)cccc21. The van der Waals surface area contributed by atoms with Crippen molar-refractivity contribution in [2.75, 3.05) is 18.5 Å². The molecule has 2 heteroatoms. The molecule has 0 spiro atoms. The number of anilines is 1. The molecule has 1 aromatic carbocycles. The van der Waals surface area contributed by atoms with E-state index in [-0.39, 0.29) is 0 Å². The maximum Gasteiger partial charge on any atom is 0.0406 e. The van der Waals surface area contributed by atoms with Crippen molar-refractivity contribution >= 4 is 28.3 Å². The van der Waals surface area contributed by atoms with E-state index in [0.29, 0.717) is 0 Å². The molecule has 12 heavy (non-hydrogen) atoms. The van der Waals surface area contributed by atoms with Gasteiger partial charge in [-0.3, -0.25) is 0 Å². The molecule has 1 aliphatic heterocycles. The molecular weight excluding hydrogens is 261 g/mol. The second kappa shape index (κ2) is 3.24. The third kappa shape index (κ3) is 1.32. The van der Waals surface area contributed by atoms with Crippen molar-refractivity contribution < 1.29 is 0 Å². The van der Waals surface area contributed by atoms with Crippen molar-refractivity contribution in [3.63, 3.8) is 0 Å². The summed E-state index contributed by atoms with van der Waals surface area (Å²) >= 11 is 2.43.